The molecule has 1 unspecified atom stereocenters. The minimum absolute atomic E-state index is 0.0247. The van der Waals surface area contributed by atoms with Crippen molar-refractivity contribution in [2.24, 2.45) is 7.05 Å². The Labute approximate surface area is 107 Å². The van der Waals surface area contributed by atoms with Crippen LogP contribution in [-0.2, 0) is 11.8 Å². The molecule has 0 saturated carbocycles. The molecule has 0 saturated heterocycles. The van der Waals surface area contributed by atoms with Crippen molar-refractivity contribution in [1.29, 1.82) is 0 Å². The molecule has 0 fully saturated rings. The summed E-state index contributed by atoms with van der Waals surface area (Å²) < 4.78 is 7.87. The molecule has 92 valence electrons. The van der Waals surface area contributed by atoms with Gasteiger partial charge in [-0.25, -0.2) is 4.79 Å². The van der Waals surface area contributed by atoms with Crippen LogP contribution < -0.4 is 5.69 Å². The number of alkyl halides is 1. The second-order valence-electron chi connectivity index (χ2n) is 3.70. The topological polar surface area (TPSA) is 61.9 Å². The van der Waals surface area contributed by atoms with Crippen molar-refractivity contribution in [3.63, 3.8) is 0 Å². The zero-order valence-corrected chi connectivity index (χ0v) is 11.2. The van der Waals surface area contributed by atoms with E-state index in [2.05, 4.69) is 26.4 Å². The average molecular weight is 301 g/mol. The summed E-state index contributed by atoms with van der Waals surface area (Å²) in [5.41, 5.74) is 1.47. The van der Waals surface area contributed by atoms with Crippen LogP contribution in [-0.4, -0.2) is 38.3 Å². The number of nitrogens with zero attached hydrogens (tertiary/aromatic N) is 4. The van der Waals surface area contributed by atoms with Crippen LogP contribution >= 0.6 is 15.9 Å². The van der Waals surface area contributed by atoms with Crippen LogP contribution in [0.4, 0.5) is 0 Å². The van der Waals surface area contributed by atoms with Crippen molar-refractivity contribution >= 4 is 21.6 Å². The lowest BCUT2D eigenvalue weighted by atomic mass is 10.0. The van der Waals surface area contributed by atoms with E-state index in [4.69, 9.17) is 4.74 Å². The summed E-state index contributed by atoms with van der Waals surface area (Å²) >= 11 is 3.42. The summed E-state index contributed by atoms with van der Waals surface area (Å²) in [6, 6.07) is 0. The predicted octanol–water partition coefficient (Wildman–Crippen LogP) is 0.558. The Bertz CT molecular complexity index is 529. The first-order valence-corrected chi connectivity index (χ1v) is 6.29. The van der Waals surface area contributed by atoms with E-state index in [0.717, 1.165) is 17.7 Å². The van der Waals surface area contributed by atoms with E-state index in [1.165, 1.54) is 9.36 Å². The Morgan fingerprint density at radius 2 is 2.35 bits per heavy atom. The van der Waals surface area contributed by atoms with Crippen molar-refractivity contribution in [3.8, 4) is 0 Å². The summed E-state index contributed by atoms with van der Waals surface area (Å²) in [4.78, 5) is 11.8. The number of halogens is 1. The Kier molecular flexibility index (Phi) is 3.58. The fourth-order valence-electron chi connectivity index (χ4n) is 1.78. The fraction of sp³-hybridized carbons (Fsp3) is 0.500. The Balaban J connectivity index is 2.55. The second-order valence-corrected chi connectivity index (χ2v) is 4.26. The van der Waals surface area contributed by atoms with E-state index in [0.29, 0.717) is 5.33 Å². The number of hydrogen-bond acceptors (Lipinski definition) is 4. The molecule has 2 rings (SSSR count). The van der Waals surface area contributed by atoms with Gasteiger partial charge in [-0.15, -0.1) is 0 Å². The summed E-state index contributed by atoms with van der Waals surface area (Å²) in [6.07, 6.45) is 4.62. The summed E-state index contributed by atoms with van der Waals surface area (Å²) in [5, 5.41) is 8.17. The number of methoxy groups -OCH3 is 1. The molecule has 0 spiro atoms. The van der Waals surface area contributed by atoms with Crippen LogP contribution in [0.3, 0.4) is 0 Å². The summed E-state index contributed by atoms with van der Waals surface area (Å²) in [7, 11) is 3.23. The molecule has 0 aromatic carbocycles. The number of tetrazole rings is 1. The maximum Gasteiger partial charge on any atom is 0.368 e. The Morgan fingerprint density at radius 1 is 1.59 bits per heavy atom. The van der Waals surface area contributed by atoms with Gasteiger partial charge in [0.05, 0.1) is 11.8 Å². The van der Waals surface area contributed by atoms with Gasteiger partial charge in [0.15, 0.2) is 0 Å². The molecule has 1 aromatic rings. The van der Waals surface area contributed by atoms with Crippen molar-refractivity contribution in [1.82, 2.24) is 19.8 Å². The molecule has 1 heterocycles. The average Bonchev–Trinajstić information content (AvgIpc) is 2.69. The Morgan fingerprint density at radius 3 is 2.88 bits per heavy atom. The highest BCUT2D eigenvalue weighted by atomic mass is 79.9. The molecule has 0 bridgehead atoms. The number of aryl methyl sites for hydroxylation is 1. The molecule has 1 aliphatic rings. The van der Waals surface area contributed by atoms with Gasteiger partial charge in [-0.05, 0) is 28.5 Å². The van der Waals surface area contributed by atoms with Gasteiger partial charge in [0.25, 0.3) is 0 Å². The van der Waals surface area contributed by atoms with E-state index in [1.807, 2.05) is 12.2 Å². The maximum atomic E-state index is 11.8. The lowest BCUT2D eigenvalue weighted by Gasteiger charge is -2.21. The molecule has 1 aromatic heterocycles. The van der Waals surface area contributed by atoms with E-state index in [9.17, 15) is 4.79 Å². The largest absolute Gasteiger partial charge is 0.377 e. The monoisotopic (exact) mass is 300 g/mol. The molecule has 6 nitrogen and oxygen atoms in total. The first-order valence-electron chi connectivity index (χ1n) is 5.16. The number of rotatable bonds is 3. The zero-order chi connectivity index (χ0) is 12.4. The molecule has 17 heavy (non-hydrogen) atoms. The quantitative estimate of drug-likeness (QED) is 0.765. The van der Waals surface area contributed by atoms with Crippen LogP contribution in [0.15, 0.2) is 22.5 Å². The molecule has 0 N–H and O–H groups in total. The molecule has 0 amide bonds. The standard InChI is InChI=1S/C10H13BrN4O2/c1-14-10(16)15(13-12-14)8-4-3-5-9(17-2)7(8)6-11/h3-4,9H,5-6H2,1-2H3. The number of ether oxygens (including phenoxy) is 1. The molecule has 1 atom stereocenters. The second kappa shape index (κ2) is 4.97. The fourth-order valence-corrected chi connectivity index (χ4v) is 2.43. The number of allylic oxidation sites excluding steroid dienone is 2. The normalized spacial score (nSPS) is 20.1. The van der Waals surface area contributed by atoms with Gasteiger partial charge in [0.2, 0.25) is 0 Å². The predicted molar refractivity (Wildman–Crippen MR) is 66.8 cm³/mol. The third-order valence-electron chi connectivity index (χ3n) is 2.72. The van der Waals surface area contributed by atoms with Crippen molar-refractivity contribution in [2.75, 3.05) is 12.4 Å². The van der Waals surface area contributed by atoms with Gasteiger partial charge < -0.3 is 4.74 Å². The van der Waals surface area contributed by atoms with Crippen molar-refractivity contribution < 1.29 is 4.74 Å². The molecular weight excluding hydrogens is 288 g/mol. The van der Waals surface area contributed by atoms with Crippen LogP contribution in [0.2, 0.25) is 0 Å². The van der Waals surface area contributed by atoms with Crippen molar-refractivity contribution in [2.45, 2.75) is 12.5 Å². The molecule has 0 radical (unpaired) electrons. The van der Waals surface area contributed by atoms with Gasteiger partial charge in [0.1, 0.15) is 0 Å². The lowest BCUT2D eigenvalue weighted by Crippen LogP contribution is -2.27. The molecular formula is C10H13BrN4O2. The van der Waals surface area contributed by atoms with E-state index >= 15 is 0 Å². The van der Waals surface area contributed by atoms with E-state index in [-0.39, 0.29) is 11.8 Å². The van der Waals surface area contributed by atoms with Gasteiger partial charge in [-0.2, -0.15) is 9.36 Å². The first-order chi connectivity index (χ1) is 8.19. The highest BCUT2D eigenvalue weighted by Crippen LogP contribution is 2.25. The van der Waals surface area contributed by atoms with Gasteiger partial charge in [-0.1, -0.05) is 22.0 Å². The zero-order valence-electron chi connectivity index (χ0n) is 9.63. The first kappa shape index (κ1) is 12.3. The summed E-state index contributed by atoms with van der Waals surface area (Å²) in [5.74, 6) is 0. The number of hydrogen-bond donors (Lipinski definition) is 0. The van der Waals surface area contributed by atoms with Crippen LogP contribution in [0.25, 0.3) is 5.70 Å². The summed E-state index contributed by atoms with van der Waals surface area (Å²) in [6.45, 7) is 0. The lowest BCUT2D eigenvalue weighted by molar-refractivity contribution is 0.134. The highest BCUT2D eigenvalue weighted by molar-refractivity contribution is 9.09. The van der Waals surface area contributed by atoms with Gasteiger partial charge in [0, 0.05) is 19.5 Å². The number of aromatic nitrogens is 4. The molecule has 1 aliphatic carbocycles. The van der Waals surface area contributed by atoms with Gasteiger partial charge >= 0.3 is 5.69 Å². The molecule has 7 heteroatoms. The SMILES string of the molecule is COC1CC=CC(n2nnn(C)c2=O)=C1CBr. The van der Waals surface area contributed by atoms with E-state index in [1.54, 1.807) is 14.2 Å². The van der Waals surface area contributed by atoms with Crippen LogP contribution in [0, 0.1) is 0 Å². The van der Waals surface area contributed by atoms with Crippen LogP contribution in [0.1, 0.15) is 6.42 Å². The van der Waals surface area contributed by atoms with Crippen molar-refractivity contribution in [3.05, 3.63) is 28.2 Å². The maximum absolute atomic E-state index is 11.8. The third kappa shape index (κ3) is 2.12. The highest BCUT2D eigenvalue weighted by Gasteiger charge is 2.22. The minimum Gasteiger partial charge on any atom is -0.377 e. The van der Waals surface area contributed by atoms with Crippen LogP contribution in [0.5, 0.6) is 0 Å². The third-order valence-corrected chi connectivity index (χ3v) is 3.33. The molecule has 0 aliphatic heterocycles. The van der Waals surface area contributed by atoms with Gasteiger partial charge in [-0.3, -0.25) is 0 Å². The van der Waals surface area contributed by atoms with E-state index < -0.39 is 0 Å². The Hall–Kier alpha value is -1.21. The smallest absolute Gasteiger partial charge is 0.368 e. The minimum atomic E-state index is -0.264.